The highest BCUT2D eigenvalue weighted by atomic mass is 16.1. The summed E-state index contributed by atoms with van der Waals surface area (Å²) in [5.41, 5.74) is 6.76. The van der Waals surface area contributed by atoms with Crippen LogP contribution in [0.15, 0.2) is 30.3 Å². The molecular formula is C16H25N3O. The molecular weight excluding hydrogens is 250 g/mol. The van der Waals surface area contributed by atoms with Gasteiger partial charge in [-0.2, -0.15) is 0 Å². The van der Waals surface area contributed by atoms with Crippen molar-refractivity contribution in [3.05, 3.63) is 35.9 Å². The quantitative estimate of drug-likeness (QED) is 0.781. The van der Waals surface area contributed by atoms with Crippen molar-refractivity contribution in [1.82, 2.24) is 10.2 Å². The van der Waals surface area contributed by atoms with Gasteiger partial charge in [0.05, 0.1) is 0 Å². The van der Waals surface area contributed by atoms with Crippen LogP contribution in [0.4, 0.5) is 0 Å². The van der Waals surface area contributed by atoms with Crippen molar-refractivity contribution in [2.24, 2.45) is 11.7 Å². The summed E-state index contributed by atoms with van der Waals surface area (Å²) in [7, 11) is 0. The second-order valence-corrected chi connectivity index (χ2v) is 5.53. The number of carbonyl (C=O) groups is 1. The molecule has 1 fully saturated rings. The van der Waals surface area contributed by atoms with E-state index in [4.69, 9.17) is 5.73 Å². The largest absolute Gasteiger partial charge is 0.356 e. The Balaban J connectivity index is 1.64. The van der Waals surface area contributed by atoms with E-state index in [-0.39, 0.29) is 5.91 Å². The number of nitrogens with zero attached hydrogens (tertiary/aromatic N) is 1. The lowest BCUT2D eigenvalue weighted by atomic mass is 10.1. The van der Waals surface area contributed by atoms with Gasteiger partial charge in [0, 0.05) is 32.6 Å². The molecule has 1 unspecified atom stereocenters. The highest BCUT2D eigenvalue weighted by Gasteiger charge is 2.22. The van der Waals surface area contributed by atoms with Crippen molar-refractivity contribution in [1.29, 1.82) is 0 Å². The number of likely N-dealkylation sites (tertiary alicyclic amines) is 1. The molecule has 1 aliphatic heterocycles. The minimum atomic E-state index is 0.0789. The van der Waals surface area contributed by atoms with Gasteiger partial charge in [-0.15, -0.1) is 0 Å². The fraction of sp³-hybridized carbons (Fsp3) is 0.562. The first-order valence-electron chi connectivity index (χ1n) is 7.51. The molecule has 0 saturated carbocycles. The molecule has 1 amide bonds. The second kappa shape index (κ2) is 8.02. The van der Waals surface area contributed by atoms with E-state index in [1.807, 2.05) is 0 Å². The molecule has 1 aliphatic rings. The lowest BCUT2D eigenvalue weighted by Crippen LogP contribution is -2.32. The van der Waals surface area contributed by atoms with Gasteiger partial charge >= 0.3 is 0 Å². The zero-order valence-corrected chi connectivity index (χ0v) is 12.1. The molecule has 1 aromatic rings. The maximum Gasteiger partial charge on any atom is 0.221 e. The third kappa shape index (κ3) is 4.94. The van der Waals surface area contributed by atoms with Gasteiger partial charge in [-0.25, -0.2) is 0 Å². The number of carbonyl (C=O) groups excluding carboxylic acids is 1. The topological polar surface area (TPSA) is 58.4 Å². The average Bonchev–Trinajstić information content (AvgIpc) is 2.92. The summed E-state index contributed by atoms with van der Waals surface area (Å²) < 4.78 is 0. The van der Waals surface area contributed by atoms with Crippen LogP contribution in [-0.4, -0.2) is 43.5 Å². The van der Waals surface area contributed by atoms with E-state index in [1.54, 1.807) is 0 Å². The Hall–Kier alpha value is -1.39. The molecule has 0 aliphatic carbocycles. The van der Waals surface area contributed by atoms with Crippen molar-refractivity contribution < 1.29 is 4.79 Å². The molecule has 1 aromatic carbocycles. The first-order valence-corrected chi connectivity index (χ1v) is 7.51. The zero-order valence-electron chi connectivity index (χ0n) is 12.1. The summed E-state index contributed by atoms with van der Waals surface area (Å²) in [6, 6.07) is 10.6. The van der Waals surface area contributed by atoms with E-state index >= 15 is 0 Å². The van der Waals surface area contributed by atoms with Crippen molar-refractivity contribution in [3.8, 4) is 0 Å². The van der Waals surface area contributed by atoms with Crippen molar-refractivity contribution in [3.63, 3.8) is 0 Å². The fourth-order valence-electron chi connectivity index (χ4n) is 2.69. The Bertz CT molecular complexity index is 407. The molecule has 1 heterocycles. The third-order valence-corrected chi connectivity index (χ3v) is 3.89. The highest BCUT2D eigenvalue weighted by Crippen LogP contribution is 2.15. The van der Waals surface area contributed by atoms with Crippen molar-refractivity contribution >= 4 is 5.91 Å². The number of hydrogen-bond acceptors (Lipinski definition) is 3. The standard InChI is InChI=1S/C16H25N3O/c17-9-6-16(20)18-12-15-8-11-19(13-15)10-7-14-4-2-1-3-5-14/h1-5,15H,6-13,17H2,(H,18,20). The van der Waals surface area contributed by atoms with Crippen LogP contribution in [0, 0.1) is 5.92 Å². The minimum absolute atomic E-state index is 0.0789. The van der Waals surface area contributed by atoms with Crippen LogP contribution in [0.25, 0.3) is 0 Å². The van der Waals surface area contributed by atoms with E-state index in [0.29, 0.717) is 18.9 Å². The lowest BCUT2D eigenvalue weighted by molar-refractivity contribution is -0.121. The van der Waals surface area contributed by atoms with Crippen LogP contribution in [0.2, 0.25) is 0 Å². The SMILES string of the molecule is NCCC(=O)NCC1CCN(CCc2ccccc2)C1. The van der Waals surface area contributed by atoms with E-state index in [0.717, 1.165) is 32.6 Å². The average molecular weight is 275 g/mol. The van der Waals surface area contributed by atoms with Gasteiger partial charge in [0.25, 0.3) is 0 Å². The number of nitrogens with two attached hydrogens (primary N) is 1. The van der Waals surface area contributed by atoms with Crippen LogP contribution in [-0.2, 0) is 11.2 Å². The van der Waals surface area contributed by atoms with Gasteiger partial charge in [0.2, 0.25) is 5.91 Å². The summed E-state index contributed by atoms with van der Waals surface area (Å²) in [5.74, 6) is 0.669. The Morgan fingerprint density at radius 1 is 1.35 bits per heavy atom. The second-order valence-electron chi connectivity index (χ2n) is 5.53. The van der Waals surface area contributed by atoms with E-state index < -0.39 is 0 Å². The van der Waals surface area contributed by atoms with Crippen molar-refractivity contribution in [2.75, 3.05) is 32.7 Å². The number of amides is 1. The van der Waals surface area contributed by atoms with Gasteiger partial charge in [-0.05, 0) is 30.9 Å². The maximum atomic E-state index is 11.4. The van der Waals surface area contributed by atoms with Gasteiger partial charge in [-0.1, -0.05) is 30.3 Å². The molecule has 0 spiro atoms. The van der Waals surface area contributed by atoms with E-state index in [2.05, 4.69) is 40.5 Å². The normalized spacial score (nSPS) is 19.1. The molecule has 2 rings (SSSR count). The fourth-order valence-corrected chi connectivity index (χ4v) is 2.69. The number of nitrogens with one attached hydrogen (secondary N) is 1. The summed E-state index contributed by atoms with van der Waals surface area (Å²) >= 11 is 0. The molecule has 110 valence electrons. The van der Waals surface area contributed by atoms with Crippen LogP contribution in [0.1, 0.15) is 18.4 Å². The maximum absolute atomic E-state index is 11.4. The summed E-state index contributed by atoms with van der Waals surface area (Å²) in [6.45, 7) is 4.57. The molecule has 1 atom stereocenters. The molecule has 1 saturated heterocycles. The first kappa shape index (κ1) is 15.0. The van der Waals surface area contributed by atoms with Gasteiger partial charge < -0.3 is 16.0 Å². The monoisotopic (exact) mass is 275 g/mol. The Morgan fingerprint density at radius 2 is 2.15 bits per heavy atom. The van der Waals surface area contributed by atoms with Gasteiger partial charge in [-0.3, -0.25) is 4.79 Å². The van der Waals surface area contributed by atoms with E-state index in [1.165, 1.54) is 12.0 Å². The third-order valence-electron chi connectivity index (χ3n) is 3.89. The molecule has 4 heteroatoms. The zero-order chi connectivity index (χ0) is 14.2. The molecule has 0 radical (unpaired) electrons. The Morgan fingerprint density at radius 3 is 2.90 bits per heavy atom. The molecule has 0 bridgehead atoms. The van der Waals surface area contributed by atoms with Gasteiger partial charge in [0.1, 0.15) is 0 Å². The smallest absolute Gasteiger partial charge is 0.221 e. The minimum Gasteiger partial charge on any atom is -0.356 e. The Labute approximate surface area is 121 Å². The van der Waals surface area contributed by atoms with E-state index in [9.17, 15) is 4.79 Å². The number of hydrogen-bond donors (Lipinski definition) is 2. The summed E-state index contributed by atoms with van der Waals surface area (Å²) in [4.78, 5) is 13.9. The van der Waals surface area contributed by atoms with Crippen molar-refractivity contribution in [2.45, 2.75) is 19.3 Å². The Kier molecular flexibility index (Phi) is 6.02. The summed E-state index contributed by atoms with van der Waals surface area (Å²) in [6.07, 6.45) is 2.72. The predicted octanol–water partition coefficient (Wildman–Crippen LogP) is 1.02. The number of benzene rings is 1. The first-order chi connectivity index (χ1) is 9.78. The van der Waals surface area contributed by atoms with Crippen LogP contribution in [0.3, 0.4) is 0 Å². The lowest BCUT2D eigenvalue weighted by Gasteiger charge is -2.16. The van der Waals surface area contributed by atoms with Crippen LogP contribution >= 0.6 is 0 Å². The number of rotatable bonds is 7. The molecule has 4 nitrogen and oxygen atoms in total. The molecule has 20 heavy (non-hydrogen) atoms. The van der Waals surface area contributed by atoms with Crippen LogP contribution < -0.4 is 11.1 Å². The summed E-state index contributed by atoms with van der Waals surface area (Å²) in [5, 5.41) is 2.97. The molecule has 0 aromatic heterocycles. The highest BCUT2D eigenvalue weighted by molar-refractivity contribution is 5.75. The van der Waals surface area contributed by atoms with Crippen LogP contribution in [0.5, 0.6) is 0 Å². The predicted molar refractivity (Wildman–Crippen MR) is 81.4 cm³/mol. The molecule has 3 N–H and O–H groups in total. The van der Waals surface area contributed by atoms with Gasteiger partial charge in [0.15, 0.2) is 0 Å².